The van der Waals surface area contributed by atoms with Crippen molar-refractivity contribution in [2.75, 3.05) is 19.7 Å². The molecule has 2 amide bonds. The number of hydrogen-bond donors (Lipinski definition) is 4. The molecule has 0 saturated heterocycles. The fourth-order valence-corrected chi connectivity index (χ4v) is 2.58. The number of nitrogens with one attached hydrogen (secondary N) is 2. The number of hydrogen-bond acceptors (Lipinski definition) is 3. The highest BCUT2D eigenvalue weighted by atomic mass is 16.3. The van der Waals surface area contributed by atoms with Crippen LogP contribution in [0.2, 0.25) is 0 Å². The quantitative estimate of drug-likeness (QED) is 0.600. The molecule has 0 saturated carbocycles. The first-order chi connectivity index (χ1) is 11.7. The van der Waals surface area contributed by atoms with Crippen molar-refractivity contribution in [2.24, 2.45) is 0 Å². The molecular weight excluding hydrogens is 304 g/mol. The molecule has 0 bridgehead atoms. The third-order valence-corrected chi connectivity index (χ3v) is 3.87. The van der Waals surface area contributed by atoms with E-state index >= 15 is 0 Å². The van der Waals surface area contributed by atoms with Gasteiger partial charge in [0.15, 0.2) is 0 Å². The molecule has 5 nitrogen and oxygen atoms in total. The van der Waals surface area contributed by atoms with Gasteiger partial charge < -0.3 is 20.8 Å². The summed E-state index contributed by atoms with van der Waals surface area (Å²) >= 11 is 0. The Labute approximate surface area is 142 Å². The van der Waals surface area contributed by atoms with E-state index in [1.54, 1.807) is 18.2 Å². The average Bonchev–Trinajstić information content (AvgIpc) is 2.59. The molecular formula is C19H24N2O3. The van der Waals surface area contributed by atoms with Crippen molar-refractivity contribution in [3.63, 3.8) is 0 Å². The number of urea groups is 1. The molecule has 24 heavy (non-hydrogen) atoms. The van der Waals surface area contributed by atoms with Crippen molar-refractivity contribution in [1.82, 2.24) is 10.6 Å². The summed E-state index contributed by atoms with van der Waals surface area (Å²) in [5, 5.41) is 24.3. The number of amides is 2. The van der Waals surface area contributed by atoms with Crippen LogP contribution in [0.25, 0.3) is 0 Å². The Morgan fingerprint density at radius 1 is 1.04 bits per heavy atom. The van der Waals surface area contributed by atoms with Crippen LogP contribution in [0.5, 0.6) is 5.75 Å². The van der Waals surface area contributed by atoms with Gasteiger partial charge in [-0.2, -0.15) is 0 Å². The van der Waals surface area contributed by atoms with E-state index in [9.17, 15) is 15.0 Å². The molecule has 0 heterocycles. The smallest absolute Gasteiger partial charge is 0.314 e. The summed E-state index contributed by atoms with van der Waals surface area (Å²) in [6, 6.07) is 16.6. The first kappa shape index (κ1) is 17.8. The summed E-state index contributed by atoms with van der Waals surface area (Å²) in [5.41, 5.74) is 2.07. The largest absolute Gasteiger partial charge is 0.508 e. The van der Waals surface area contributed by atoms with Crippen molar-refractivity contribution in [3.8, 4) is 5.75 Å². The van der Waals surface area contributed by atoms with Crippen LogP contribution in [-0.4, -0.2) is 35.9 Å². The van der Waals surface area contributed by atoms with Crippen LogP contribution in [0.4, 0.5) is 4.79 Å². The van der Waals surface area contributed by atoms with E-state index in [0.717, 1.165) is 11.1 Å². The van der Waals surface area contributed by atoms with Gasteiger partial charge >= 0.3 is 6.03 Å². The Balaban J connectivity index is 1.75. The van der Waals surface area contributed by atoms with E-state index in [4.69, 9.17) is 0 Å². The van der Waals surface area contributed by atoms with Crippen LogP contribution in [0, 0.1) is 0 Å². The first-order valence-corrected chi connectivity index (χ1v) is 8.14. The number of aliphatic hydroxyl groups excluding tert-OH is 1. The fourth-order valence-electron chi connectivity index (χ4n) is 2.58. The van der Waals surface area contributed by atoms with Crippen LogP contribution >= 0.6 is 0 Å². The summed E-state index contributed by atoms with van der Waals surface area (Å²) in [4.78, 5) is 11.9. The Hall–Kier alpha value is -2.53. The molecule has 2 aromatic carbocycles. The Morgan fingerprint density at radius 3 is 2.54 bits per heavy atom. The van der Waals surface area contributed by atoms with Crippen LogP contribution in [0.15, 0.2) is 54.6 Å². The topological polar surface area (TPSA) is 81.6 Å². The van der Waals surface area contributed by atoms with Gasteiger partial charge in [-0.3, -0.25) is 0 Å². The molecule has 0 radical (unpaired) electrons. The van der Waals surface area contributed by atoms with Gasteiger partial charge in [0.05, 0.1) is 0 Å². The minimum Gasteiger partial charge on any atom is -0.508 e. The molecule has 2 rings (SSSR count). The molecule has 128 valence electrons. The summed E-state index contributed by atoms with van der Waals surface area (Å²) in [6.07, 6.45) is 1.26. The standard InChI is InChI=1S/C19H24N2O3/c22-12-10-17(16-6-2-1-3-7-16)14-21-19(24)20-11-9-15-5-4-8-18(23)13-15/h1-8,13,17,22-23H,9-12,14H2,(H2,20,21,24). The number of phenols is 1. The molecule has 0 aliphatic carbocycles. The highest BCUT2D eigenvalue weighted by molar-refractivity contribution is 5.73. The molecule has 2 aromatic rings. The lowest BCUT2D eigenvalue weighted by molar-refractivity contribution is 0.237. The number of carbonyl (C=O) groups excluding carboxylic acids is 1. The normalized spacial score (nSPS) is 11.7. The number of benzene rings is 2. The summed E-state index contributed by atoms with van der Waals surface area (Å²) < 4.78 is 0. The molecule has 5 heteroatoms. The van der Waals surface area contributed by atoms with E-state index in [2.05, 4.69) is 10.6 Å². The van der Waals surface area contributed by atoms with Crippen molar-refractivity contribution >= 4 is 6.03 Å². The number of rotatable bonds is 8. The van der Waals surface area contributed by atoms with Gasteiger partial charge in [0.1, 0.15) is 5.75 Å². The maximum atomic E-state index is 11.9. The van der Waals surface area contributed by atoms with Crippen LogP contribution in [-0.2, 0) is 6.42 Å². The van der Waals surface area contributed by atoms with Crippen molar-refractivity contribution in [2.45, 2.75) is 18.8 Å². The molecule has 0 aliphatic rings. The highest BCUT2D eigenvalue weighted by Gasteiger charge is 2.12. The van der Waals surface area contributed by atoms with E-state index in [0.29, 0.717) is 25.9 Å². The number of aromatic hydroxyl groups is 1. The maximum Gasteiger partial charge on any atom is 0.314 e. The number of aliphatic hydroxyl groups is 1. The third kappa shape index (κ3) is 5.93. The van der Waals surface area contributed by atoms with E-state index in [1.165, 1.54) is 0 Å². The fraction of sp³-hybridized carbons (Fsp3) is 0.316. The summed E-state index contributed by atoms with van der Waals surface area (Å²) in [7, 11) is 0. The van der Waals surface area contributed by atoms with Gasteiger partial charge in [-0.05, 0) is 36.1 Å². The third-order valence-electron chi connectivity index (χ3n) is 3.87. The molecule has 1 unspecified atom stereocenters. The molecule has 1 atom stereocenters. The van der Waals surface area contributed by atoms with Crippen LogP contribution < -0.4 is 10.6 Å². The zero-order chi connectivity index (χ0) is 17.2. The average molecular weight is 328 g/mol. The predicted octanol–water partition coefficient (Wildman–Crippen LogP) is 2.40. The van der Waals surface area contributed by atoms with Gasteiger partial charge in [-0.1, -0.05) is 42.5 Å². The zero-order valence-electron chi connectivity index (χ0n) is 13.6. The van der Waals surface area contributed by atoms with Crippen LogP contribution in [0.1, 0.15) is 23.5 Å². The number of phenolic OH excluding ortho intramolecular Hbond substituents is 1. The lowest BCUT2D eigenvalue weighted by Crippen LogP contribution is -2.38. The molecule has 0 spiro atoms. The summed E-state index contributed by atoms with van der Waals surface area (Å²) in [5.74, 6) is 0.319. The maximum absolute atomic E-state index is 11.9. The van der Waals surface area contributed by atoms with Gasteiger partial charge in [0.2, 0.25) is 0 Å². The lowest BCUT2D eigenvalue weighted by Gasteiger charge is -2.17. The second-order valence-electron chi connectivity index (χ2n) is 5.68. The molecule has 4 N–H and O–H groups in total. The first-order valence-electron chi connectivity index (χ1n) is 8.14. The number of carbonyl (C=O) groups is 1. The zero-order valence-corrected chi connectivity index (χ0v) is 13.6. The lowest BCUT2D eigenvalue weighted by atomic mass is 9.96. The van der Waals surface area contributed by atoms with E-state index in [-0.39, 0.29) is 24.3 Å². The molecule has 0 aliphatic heterocycles. The van der Waals surface area contributed by atoms with E-state index in [1.807, 2.05) is 36.4 Å². The van der Waals surface area contributed by atoms with Gasteiger partial charge in [0, 0.05) is 25.6 Å². The van der Waals surface area contributed by atoms with Crippen molar-refractivity contribution in [3.05, 3.63) is 65.7 Å². The Morgan fingerprint density at radius 2 is 1.83 bits per heavy atom. The minimum atomic E-state index is -0.228. The molecule has 0 aromatic heterocycles. The van der Waals surface area contributed by atoms with Crippen molar-refractivity contribution < 1.29 is 15.0 Å². The second kappa shape index (κ2) is 9.57. The SMILES string of the molecule is O=C(NCCc1cccc(O)c1)NCC(CCO)c1ccccc1. The summed E-state index contributed by atoms with van der Waals surface area (Å²) in [6.45, 7) is 1.05. The van der Waals surface area contributed by atoms with Gasteiger partial charge in [0.25, 0.3) is 0 Å². The van der Waals surface area contributed by atoms with Gasteiger partial charge in [-0.25, -0.2) is 4.79 Å². The second-order valence-corrected chi connectivity index (χ2v) is 5.68. The minimum absolute atomic E-state index is 0.0837. The monoisotopic (exact) mass is 328 g/mol. The molecule has 0 fully saturated rings. The predicted molar refractivity (Wildman–Crippen MR) is 94.1 cm³/mol. The Bertz CT molecular complexity index is 632. The van der Waals surface area contributed by atoms with Gasteiger partial charge in [-0.15, -0.1) is 0 Å². The highest BCUT2D eigenvalue weighted by Crippen LogP contribution is 2.18. The van der Waals surface area contributed by atoms with Crippen molar-refractivity contribution in [1.29, 1.82) is 0 Å². The van der Waals surface area contributed by atoms with E-state index < -0.39 is 0 Å². The Kier molecular flexibility index (Phi) is 7.11. The van der Waals surface area contributed by atoms with Crippen LogP contribution in [0.3, 0.4) is 0 Å².